The summed E-state index contributed by atoms with van der Waals surface area (Å²) in [6, 6.07) is 24.8. The molecular weight excluding hydrogens is 404 g/mol. The Hall–Kier alpha value is -3.80. The highest BCUT2D eigenvalue weighted by Gasteiger charge is 2.16. The smallest absolute Gasteiger partial charge is 0.279 e. The highest BCUT2D eigenvalue weighted by molar-refractivity contribution is 5.85. The van der Waals surface area contributed by atoms with E-state index >= 15 is 0 Å². The molecule has 1 atom stereocenters. The Morgan fingerprint density at radius 2 is 1.47 bits per heavy atom. The van der Waals surface area contributed by atoms with Crippen molar-refractivity contribution in [3.63, 3.8) is 0 Å². The summed E-state index contributed by atoms with van der Waals surface area (Å²) in [6.45, 7) is 5.59. The first-order valence-corrected chi connectivity index (χ1v) is 10.6. The molecule has 0 saturated heterocycles. The van der Waals surface area contributed by atoms with Crippen molar-refractivity contribution >= 4 is 11.8 Å². The van der Waals surface area contributed by atoms with Gasteiger partial charge in [0, 0.05) is 5.56 Å². The van der Waals surface area contributed by atoms with Crippen LogP contribution in [-0.4, -0.2) is 24.5 Å². The highest BCUT2D eigenvalue weighted by atomic mass is 16.5. The second-order valence-corrected chi connectivity index (χ2v) is 7.67. The third kappa shape index (κ3) is 6.35. The summed E-state index contributed by atoms with van der Waals surface area (Å²) in [4.78, 5) is 24.4. The van der Waals surface area contributed by atoms with Gasteiger partial charge in [0.1, 0.15) is 11.5 Å². The second-order valence-electron chi connectivity index (χ2n) is 7.67. The monoisotopic (exact) mass is 432 g/mol. The zero-order chi connectivity index (χ0) is 22.9. The molecule has 0 aliphatic heterocycles. The molecule has 3 aromatic rings. The predicted molar refractivity (Wildman–Crippen MR) is 124 cm³/mol. The van der Waals surface area contributed by atoms with Gasteiger partial charge in [-0.05, 0) is 42.2 Å². The summed E-state index contributed by atoms with van der Waals surface area (Å²) in [5, 5.41) is 0. The van der Waals surface area contributed by atoms with Gasteiger partial charge in [-0.25, -0.2) is 0 Å². The van der Waals surface area contributed by atoms with E-state index in [0.717, 1.165) is 11.1 Å². The summed E-state index contributed by atoms with van der Waals surface area (Å²) >= 11 is 0. The Morgan fingerprint density at radius 3 is 2.16 bits per heavy atom. The van der Waals surface area contributed by atoms with Crippen LogP contribution in [0.2, 0.25) is 0 Å². The molecule has 0 bridgehead atoms. The summed E-state index contributed by atoms with van der Waals surface area (Å²) in [7, 11) is 0. The van der Waals surface area contributed by atoms with Gasteiger partial charge in [0.05, 0.1) is 0 Å². The van der Waals surface area contributed by atoms with Gasteiger partial charge in [-0.3, -0.25) is 20.4 Å². The molecule has 0 spiro atoms. The van der Waals surface area contributed by atoms with Crippen LogP contribution in [0.4, 0.5) is 0 Å². The van der Waals surface area contributed by atoms with Crippen molar-refractivity contribution in [1.82, 2.24) is 10.9 Å². The summed E-state index contributed by atoms with van der Waals surface area (Å²) < 4.78 is 11.3. The lowest BCUT2D eigenvalue weighted by atomic mass is 10.0. The van der Waals surface area contributed by atoms with Crippen LogP contribution >= 0.6 is 0 Å². The molecule has 6 heteroatoms. The van der Waals surface area contributed by atoms with Crippen LogP contribution < -0.4 is 20.3 Å². The van der Waals surface area contributed by atoms with Crippen molar-refractivity contribution in [2.75, 3.05) is 6.61 Å². The van der Waals surface area contributed by atoms with Crippen LogP contribution in [0.1, 0.15) is 32.3 Å². The number of carbonyl (C=O) groups is 2. The molecule has 1 unspecified atom stereocenters. The fourth-order valence-electron chi connectivity index (χ4n) is 3.05. The molecule has 0 heterocycles. The number of amides is 2. The summed E-state index contributed by atoms with van der Waals surface area (Å²) in [5.74, 6) is 0.651. The third-order valence-corrected chi connectivity index (χ3v) is 4.88. The maximum atomic E-state index is 12.2. The maximum absolute atomic E-state index is 12.2. The van der Waals surface area contributed by atoms with E-state index in [1.165, 1.54) is 5.56 Å². The Morgan fingerprint density at radius 1 is 0.812 bits per heavy atom. The van der Waals surface area contributed by atoms with Gasteiger partial charge < -0.3 is 9.47 Å². The number of ether oxygens (including phenoxy) is 2. The number of para-hydroxylation sites is 1. The van der Waals surface area contributed by atoms with Crippen LogP contribution in [0.25, 0.3) is 11.1 Å². The standard InChI is InChI=1S/C26H28N2O4/c1-18(2)20-13-15-22(16-14-20)32-19(3)26(30)28-27-25(29)17-31-24-12-8-7-11-23(24)21-9-5-4-6-10-21/h4-16,18-19H,17H2,1-3H3,(H,27,29)(H,28,30). The van der Waals surface area contributed by atoms with Crippen LogP contribution in [0, 0.1) is 0 Å². The molecule has 0 aromatic heterocycles. The number of benzene rings is 3. The number of carbonyl (C=O) groups excluding carboxylic acids is 2. The van der Waals surface area contributed by atoms with Gasteiger partial charge in [0.25, 0.3) is 11.8 Å². The first-order valence-electron chi connectivity index (χ1n) is 10.6. The summed E-state index contributed by atoms with van der Waals surface area (Å²) in [6.07, 6.45) is -0.778. The van der Waals surface area contributed by atoms with Gasteiger partial charge in [0.2, 0.25) is 0 Å². The zero-order valence-electron chi connectivity index (χ0n) is 18.5. The Bertz CT molecular complexity index is 1030. The number of rotatable bonds is 8. The lowest BCUT2D eigenvalue weighted by Crippen LogP contribution is -2.48. The lowest BCUT2D eigenvalue weighted by Gasteiger charge is -2.16. The van der Waals surface area contributed by atoms with Gasteiger partial charge >= 0.3 is 0 Å². The maximum Gasteiger partial charge on any atom is 0.279 e. The molecular formula is C26H28N2O4. The van der Waals surface area contributed by atoms with Crippen LogP contribution in [0.15, 0.2) is 78.9 Å². The molecule has 3 aromatic carbocycles. The average molecular weight is 433 g/mol. The van der Waals surface area contributed by atoms with Crippen molar-refractivity contribution in [2.45, 2.75) is 32.8 Å². The van der Waals surface area contributed by atoms with Gasteiger partial charge in [-0.1, -0.05) is 74.5 Å². The molecule has 2 N–H and O–H groups in total. The van der Waals surface area contributed by atoms with Crippen molar-refractivity contribution in [1.29, 1.82) is 0 Å². The van der Waals surface area contributed by atoms with Crippen LogP contribution in [0.5, 0.6) is 11.5 Å². The van der Waals surface area contributed by atoms with Crippen molar-refractivity contribution in [3.8, 4) is 22.6 Å². The molecule has 6 nitrogen and oxygen atoms in total. The minimum Gasteiger partial charge on any atom is -0.483 e. The van der Waals surface area contributed by atoms with Crippen molar-refractivity contribution in [3.05, 3.63) is 84.4 Å². The highest BCUT2D eigenvalue weighted by Crippen LogP contribution is 2.29. The molecule has 3 rings (SSSR count). The SMILES string of the molecule is CC(Oc1ccc(C(C)C)cc1)C(=O)NNC(=O)COc1ccccc1-c1ccccc1. The number of nitrogens with one attached hydrogen (secondary N) is 2. The molecule has 0 radical (unpaired) electrons. The van der Waals surface area contributed by atoms with E-state index < -0.39 is 17.9 Å². The average Bonchev–Trinajstić information content (AvgIpc) is 2.82. The van der Waals surface area contributed by atoms with E-state index in [4.69, 9.17) is 9.47 Å². The van der Waals surface area contributed by atoms with Crippen molar-refractivity contribution < 1.29 is 19.1 Å². The van der Waals surface area contributed by atoms with Crippen LogP contribution in [-0.2, 0) is 9.59 Å². The van der Waals surface area contributed by atoms with E-state index in [9.17, 15) is 9.59 Å². The van der Waals surface area contributed by atoms with Gasteiger partial charge in [0.15, 0.2) is 12.7 Å². The van der Waals surface area contributed by atoms with E-state index in [1.807, 2.05) is 72.8 Å². The van der Waals surface area contributed by atoms with E-state index in [2.05, 4.69) is 24.7 Å². The molecule has 0 fully saturated rings. The first kappa shape index (κ1) is 22.9. The lowest BCUT2D eigenvalue weighted by molar-refractivity contribution is -0.133. The Labute approximate surface area is 188 Å². The number of hydrogen-bond acceptors (Lipinski definition) is 4. The summed E-state index contributed by atoms with van der Waals surface area (Å²) in [5.41, 5.74) is 7.80. The topological polar surface area (TPSA) is 76.7 Å². The van der Waals surface area contributed by atoms with Crippen LogP contribution in [0.3, 0.4) is 0 Å². The Balaban J connectivity index is 1.47. The minimum absolute atomic E-state index is 0.240. The molecule has 0 aliphatic rings. The van der Waals surface area contributed by atoms with Gasteiger partial charge in [-0.15, -0.1) is 0 Å². The molecule has 32 heavy (non-hydrogen) atoms. The molecule has 0 saturated carbocycles. The molecule has 166 valence electrons. The second kappa shape index (κ2) is 11.0. The number of hydrazine groups is 1. The largest absolute Gasteiger partial charge is 0.483 e. The predicted octanol–water partition coefficient (Wildman–Crippen LogP) is 4.47. The van der Waals surface area contributed by atoms with Crippen molar-refractivity contribution in [2.24, 2.45) is 0 Å². The van der Waals surface area contributed by atoms with E-state index in [-0.39, 0.29) is 6.61 Å². The quantitative estimate of drug-likeness (QED) is 0.515. The minimum atomic E-state index is -0.778. The fraction of sp³-hybridized carbons (Fsp3) is 0.231. The van der Waals surface area contributed by atoms with E-state index in [1.54, 1.807) is 13.0 Å². The number of hydrogen-bond donors (Lipinski definition) is 2. The third-order valence-electron chi connectivity index (χ3n) is 4.88. The molecule has 0 aliphatic carbocycles. The molecule has 2 amide bonds. The van der Waals surface area contributed by atoms with Gasteiger partial charge in [-0.2, -0.15) is 0 Å². The fourth-order valence-corrected chi connectivity index (χ4v) is 3.05. The normalized spacial score (nSPS) is 11.5. The first-order chi connectivity index (χ1) is 15.4. The Kier molecular flexibility index (Phi) is 7.86. The van der Waals surface area contributed by atoms with E-state index in [0.29, 0.717) is 17.4 Å². The zero-order valence-corrected chi connectivity index (χ0v) is 18.5.